The molecule has 2 aromatic rings. The van der Waals surface area contributed by atoms with Gasteiger partial charge in [-0.1, -0.05) is 25.7 Å². The summed E-state index contributed by atoms with van der Waals surface area (Å²) >= 11 is 0. The molecule has 0 heterocycles. The van der Waals surface area contributed by atoms with Gasteiger partial charge in [0.1, 0.15) is 23.0 Å². The van der Waals surface area contributed by atoms with Gasteiger partial charge >= 0.3 is 0 Å². The molecule has 0 bridgehead atoms. The quantitative estimate of drug-likeness (QED) is 0.377. The lowest BCUT2D eigenvalue weighted by Crippen LogP contribution is -2.24. The summed E-state index contributed by atoms with van der Waals surface area (Å²) in [5.41, 5.74) is 1.04. The summed E-state index contributed by atoms with van der Waals surface area (Å²) in [6.45, 7) is 1.25. The highest BCUT2D eigenvalue weighted by molar-refractivity contribution is 5.95. The number of hydrogen-bond acceptors (Lipinski definition) is 6. The van der Waals surface area contributed by atoms with Gasteiger partial charge in [0.05, 0.1) is 28.4 Å². The third-order valence-corrected chi connectivity index (χ3v) is 5.40. The second-order valence-corrected chi connectivity index (χ2v) is 7.84. The molecule has 0 aliphatic carbocycles. The fourth-order valence-corrected chi connectivity index (χ4v) is 3.44. The SMILES string of the molecule is COc1cc(OC)cc(C(=O)NCCCCCCCCNC(=O)c2cc(OC)cc(OC)c2)c1. The van der Waals surface area contributed by atoms with Crippen LogP contribution in [0.15, 0.2) is 36.4 Å². The minimum atomic E-state index is -0.137. The number of amides is 2. The van der Waals surface area contributed by atoms with Crippen molar-refractivity contribution in [1.82, 2.24) is 10.6 Å². The standard InChI is InChI=1S/C26H36N2O6/c1-31-21-13-19(14-22(17-21)32-2)25(29)27-11-9-7-5-6-8-10-12-28-26(30)20-15-23(33-3)18-24(16-20)34-4/h13-18H,5-12H2,1-4H3,(H,27,29)(H,28,30). The molecule has 0 saturated carbocycles. The van der Waals surface area contributed by atoms with Gasteiger partial charge in [-0.2, -0.15) is 0 Å². The molecule has 0 aromatic heterocycles. The summed E-state index contributed by atoms with van der Waals surface area (Å²) in [4.78, 5) is 24.7. The molecule has 8 nitrogen and oxygen atoms in total. The average Bonchev–Trinajstić information content (AvgIpc) is 2.88. The molecular weight excluding hydrogens is 436 g/mol. The van der Waals surface area contributed by atoms with Gasteiger partial charge in [0.25, 0.3) is 11.8 Å². The Kier molecular flexibility index (Phi) is 11.6. The molecule has 0 unspecified atom stereocenters. The van der Waals surface area contributed by atoms with E-state index in [9.17, 15) is 9.59 Å². The number of nitrogens with one attached hydrogen (secondary N) is 2. The molecule has 0 saturated heterocycles. The molecule has 0 atom stereocenters. The van der Waals surface area contributed by atoms with Crippen LogP contribution < -0.4 is 29.6 Å². The summed E-state index contributed by atoms with van der Waals surface area (Å²) in [5.74, 6) is 2.07. The summed E-state index contributed by atoms with van der Waals surface area (Å²) in [5, 5.41) is 5.88. The van der Waals surface area contributed by atoms with Crippen LogP contribution in [-0.2, 0) is 0 Å². The third kappa shape index (κ3) is 8.84. The van der Waals surface area contributed by atoms with Gasteiger partial charge in [0.15, 0.2) is 0 Å². The van der Waals surface area contributed by atoms with Crippen LogP contribution in [-0.4, -0.2) is 53.3 Å². The van der Waals surface area contributed by atoms with Crippen LogP contribution in [0.1, 0.15) is 59.2 Å². The number of ether oxygens (including phenoxy) is 4. The molecule has 8 heteroatoms. The number of unbranched alkanes of at least 4 members (excludes halogenated alkanes) is 5. The van der Waals surface area contributed by atoms with Crippen molar-refractivity contribution in [3.63, 3.8) is 0 Å². The Balaban J connectivity index is 1.56. The van der Waals surface area contributed by atoms with Crippen molar-refractivity contribution in [1.29, 1.82) is 0 Å². The molecular formula is C26H36N2O6. The molecule has 2 rings (SSSR count). The van der Waals surface area contributed by atoms with E-state index in [1.807, 2.05) is 0 Å². The Morgan fingerprint density at radius 1 is 0.529 bits per heavy atom. The van der Waals surface area contributed by atoms with E-state index >= 15 is 0 Å². The van der Waals surface area contributed by atoms with Crippen LogP contribution in [0.25, 0.3) is 0 Å². The van der Waals surface area contributed by atoms with E-state index in [1.54, 1.807) is 64.8 Å². The first kappa shape index (κ1) is 26.8. The van der Waals surface area contributed by atoms with Crippen LogP contribution in [0.4, 0.5) is 0 Å². The molecule has 0 radical (unpaired) electrons. The topological polar surface area (TPSA) is 95.1 Å². The Bertz CT molecular complexity index is 812. The zero-order chi connectivity index (χ0) is 24.8. The Morgan fingerprint density at radius 3 is 1.12 bits per heavy atom. The van der Waals surface area contributed by atoms with E-state index in [0.29, 0.717) is 47.2 Å². The average molecular weight is 473 g/mol. The molecule has 0 fully saturated rings. The van der Waals surface area contributed by atoms with E-state index in [1.165, 1.54) is 0 Å². The predicted molar refractivity (Wildman–Crippen MR) is 131 cm³/mol. The van der Waals surface area contributed by atoms with Crippen molar-refractivity contribution >= 4 is 11.8 Å². The lowest BCUT2D eigenvalue weighted by molar-refractivity contribution is 0.0943. The number of benzene rings is 2. The first-order valence-electron chi connectivity index (χ1n) is 11.5. The Hall–Kier alpha value is -3.42. The maximum atomic E-state index is 12.3. The van der Waals surface area contributed by atoms with Crippen molar-refractivity contribution in [2.45, 2.75) is 38.5 Å². The van der Waals surface area contributed by atoms with Crippen LogP contribution >= 0.6 is 0 Å². The second kappa shape index (κ2) is 14.7. The predicted octanol–water partition coefficient (Wildman–Crippen LogP) is 4.22. The van der Waals surface area contributed by atoms with E-state index in [-0.39, 0.29) is 11.8 Å². The second-order valence-electron chi connectivity index (χ2n) is 7.84. The molecule has 0 spiro atoms. The van der Waals surface area contributed by atoms with Crippen molar-refractivity contribution < 1.29 is 28.5 Å². The van der Waals surface area contributed by atoms with Crippen molar-refractivity contribution in [3.05, 3.63) is 47.5 Å². The minimum Gasteiger partial charge on any atom is -0.497 e. The number of carbonyl (C=O) groups excluding carboxylic acids is 2. The maximum Gasteiger partial charge on any atom is 0.251 e. The van der Waals surface area contributed by atoms with Gasteiger partial charge in [-0.15, -0.1) is 0 Å². The molecule has 0 aliphatic rings. The number of methoxy groups -OCH3 is 4. The van der Waals surface area contributed by atoms with Crippen LogP contribution in [0.5, 0.6) is 23.0 Å². The van der Waals surface area contributed by atoms with E-state index in [2.05, 4.69) is 10.6 Å². The zero-order valence-corrected chi connectivity index (χ0v) is 20.6. The molecule has 34 heavy (non-hydrogen) atoms. The molecule has 2 amide bonds. The molecule has 2 aromatic carbocycles. The first-order chi connectivity index (χ1) is 16.5. The fraction of sp³-hybridized carbons (Fsp3) is 0.462. The van der Waals surface area contributed by atoms with Gasteiger partial charge in [-0.05, 0) is 37.1 Å². The van der Waals surface area contributed by atoms with Crippen LogP contribution in [0.3, 0.4) is 0 Å². The highest BCUT2D eigenvalue weighted by Crippen LogP contribution is 2.23. The lowest BCUT2D eigenvalue weighted by atomic mass is 10.1. The monoisotopic (exact) mass is 472 g/mol. The number of rotatable bonds is 15. The molecule has 0 aliphatic heterocycles. The summed E-state index contributed by atoms with van der Waals surface area (Å²) in [6, 6.07) is 10.3. The smallest absolute Gasteiger partial charge is 0.251 e. The van der Waals surface area contributed by atoms with Crippen molar-refractivity contribution in [2.24, 2.45) is 0 Å². The van der Waals surface area contributed by atoms with Gasteiger partial charge < -0.3 is 29.6 Å². The minimum absolute atomic E-state index is 0.137. The van der Waals surface area contributed by atoms with Crippen molar-refractivity contribution in [2.75, 3.05) is 41.5 Å². The largest absolute Gasteiger partial charge is 0.497 e. The van der Waals surface area contributed by atoms with Gasteiger partial charge in [-0.25, -0.2) is 0 Å². The van der Waals surface area contributed by atoms with Crippen LogP contribution in [0, 0.1) is 0 Å². The van der Waals surface area contributed by atoms with E-state index < -0.39 is 0 Å². The normalized spacial score (nSPS) is 10.4. The summed E-state index contributed by atoms with van der Waals surface area (Å²) in [6.07, 6.45) is 6.09. The number of carbonyl (C=O) groups is 2. The Labute approximate surface area is 201 Å². The first-order valence-corrected chi connectivity index (χ1v) is 11.5. The lowest BCUT2D eigenvalue weighted by Gasteiger charge is -2.10. The maximum absolute atomic E-state index is 12.3. The summed E-state index contributed by atoms with van der Waals surface area (Å²) < 4.78 is 20.8. The van der Waals surface area contributed by atoms with Gasteiger partial charge in [0, 0.05) is 36.3 Å². The van der Waals surface area contributed by atoms with Gasteiger partial charge in [0.2, 0.25) is 0 Å². The zero-order valence-electron chi connectivity index (χ0n) is 20.6. The highest BCUT2D eigenvalue weighted by atomic mass is 16.5. The third-order valence-electron chi connectivity index (χ3n) is 5.40. The molecule has 2 N–H and O–H groups in total. The Morgan fingerprint density at radius 2 is 0.824 bits per heavy atom. The fourth-order valence-electron chi connectivity index (χ4n) is 3.44. The van der Waals surface area contributed by atoms with Crippen molar-refractivity contribution in [3.8, 4) is 23.0 Å². The van der Waals surface area contributed by atoms with E-state index in [4.69, 9.17) is 18.9 Å². The number of hydrogen-bond donors (Lipinski definition) is 2. The van der Waals surface area contributed by atoms with Gasteiger partial charge in [-0.3, -0.25) is 9.59 Å². The molecule has 186 valence electrons. The van der Waals surface area contributed by atoms with Crippen LogP contribution in [0.2, 0.25) is 0 Å². The summed E-state index contributed by atoms with van der Waals surface area (Å²) in [7, 11) is 6.23. The van der Waals surface area contributed by atoms with E-state index in [0.717, 1.165) is 38.5 Å². The highest BCUT2D eigenvalue weighted by Gasteiger charge is 2.10.